The standard InChI is InChI=1S/C30H26N2O3/c1-18-7-9-21(10-8-18)26-17-35-30-20(3)29(34-4)24(16-25(26)30)19(2)14-28(33)32-23-11-12-27-22(15-23)6-5-13-31-27/h5-17H,1-4H3,(H,32,33)/b19-14+. The van der Waals surface area contributed by atoms with E-state index in [0.29, 0.717) is 5.75 Å². The highest BCUT2D eigenvalue weighted by atomic mass is 16.5. The molecule has 0 radical (unpaired) electrons. The number of rotatable bonds is 5. The lowest BCUT2D eigenvalue weighted by Gasteiger charge is -2.13. The van der Waals surface area contributed by atoms with Gasteiger partial charge in [0.1, 0.15) is 11.3 Å². The van der Waals surface area contributed by atoms with E-state index in [-0.39, 0.29) is 5.91 Å². The first kappa shape index (κ1) is 22.4. The number of anilines is 1. The summed E-state index contributed by atoms with van der Waals surface area (Å²) < 4.78 is 11.7. The monoisotopic (exact) mass is 462 g/mol. The van der Waals surface area contributed by atoms with Crippen molar-refractivity contribution in [2.75, 3.05) is 12.4 Å². The molecule has 0 bridgehead atoms. The van der Waals surface area contributed by atoms with Gasteiger partial charge in [0.15, 0.2) is 0 Å². The van der Waals surface area contributed by atoms with Crippen molar-refractivity contribution < 1.29 is 13.9 Å². The van der Waals surface area contributed by atoms with Crippen LogP contribution in [0.2, 0.25) is 0 Å². The van der Waals surface area contributed by atoms with E-state index < -0.39 is 0 Å². The lowest BCUT2D eigenvalue weighted by Crippen LogP contribution is -2.08. The van der Waals surface area contributed by atoms with Crippen LogP contribution in [-0.4, -0.2) is 18.0 Å². The van der Waals surface area contributed by atoms with Crippen LogP contribution in [0, 0.1) is 13.8 Å². The lowest BCUT2D eigenvalue weighted by molar-refractivity contribution is -0.111. The van der Waals surface area contributed by atoms with Crippen molar-refractivity contribution in [3.05, 3.63) is 95.9 Å². The van der Waals surface area contributed by atoms with Crippen LogP contribution in [-0.2, 0) is 4.79 Å². The molecule has 5 heteroatoms. The van der Waals surface area contributed by atoms with Gasteiger partial charge < -0.3 is 14.5 Å². The second-order valence-electron chi connectivity index (χ2n) is 8.70. The molecular weight excluding hydrogens is 436 g/mol. The number of carbonyl (C=O) groups is 1. The molecule has 1 amide bonds. The van der Waals surface area contributed by atoms with Crippen molar-refractivity contribution >= 4 is 39.0 Å². The van der Waals surface area contributed by atoms with Crippen molar-refractivity contribution in [2.24, 2.45) is 0 Å². The number of nitrogens with zero attached hydrogens (tertiary/aromatic N) is 1. The van der Waals surface area contributed by atoms with Gasteiger partial charge in [0.2, 0.25) is 5.91 Å². The van der Waals surface area contributed by atoms with Crippen molar-refractivity contribution in [2.45, 2.75) is 20.8 Å². The summed E-state index contributed by atoms with van der Waals surface area (Å²) in [4.78, 5) is 17.2. The molecular formula is C30H26N2O3. The highest BCUT2D eigenvalue weighted by molar-refractivity contribution is 6.06. The fraction of sp³-hybridized carbons (Fsp3) is 0.133. The van der Waals surface area contributed by atoms with Gasteiger partial charge >= 0.3 is 0 Å². The minimum Gasteiger partial charge on any atom is -0.496 e. The first-order chi connectivity index (χ1) is 16.9. The van der Waals surface area contributed by atoms with E-state index in [1.54, 1.807) is 25.6 Å². The van der Waals surface area contributed by atoms with Gasteiger partial charge in [-0.15, -0.1) is 0 Å². The second kappa shape index (κ2) is 9.11. The molecule has 2 aromatic heterocycles. The number of pyridine rings is 1. The zero-order valence-electron chi connectivity index (χ0n) is 20.2. The topological polar surface area (TPSA) is 64.4 Å². The Morgan fingerprint density at radius 1 is 1.06 bits per heavy atom. The fourth-order valence-corrected chi connectivity index (χ4v) is 4.43. The normalized spacial score (nSPS) is 11.7. The van der Waals surface area contributed by atoms with Crippen molar-refractivity contribution in [3.63, 3.8) is 0 Å². The molecule has 35 heavy (non-hydrogen) atoms. The maximum atomic E-state index is 12.9. The Labute approximate surface area is 204 Å². The number of aromatic nitrogens is 1. The largest absolute Gasteiger partial charge is 0.496 e. The molecule has 5 rings (SSSR count). The van der Waals surface area contributed by atoms with Crippen LogP contribution in [0.3, 0.4) is 0 Å². The average Bonchev–Trinajstić information content (AvgIpc) is 3.28. The number of fused-ring (bicyclic) bond motifs is 2. The van der Waals surface area contributed by atoms with Crippen LogP contribution < -0.4 is 10.1 Å². The molecule has 0 saturated heterocycles. The molecule has 0 aliphatic rings. The lowest BCUT2D eigenvalue weighted by atomic mass is 9.96. The third kappa shape index (κ3) is 4.28. The van der Waals surface area contributed by atoms with E-state index in [4.69, 9.17) is 9.15 Å². The predicted octanol–water partition coefficient (Wildman–Crippen LogP) is 7.32. The van der Waals surface area contributed by atoms with Crippen LogP contribution in [0.5, 0.6) is 5.75 Å². The first-order valence-electron chi connectivity index (χ1n) is 11.4. The molecule has 5 nitrogen and oxygen atoms in total. The van der Waals surface area contributed by atoms with Gasteiger partial charge in [-0.25, -0.2) is 0 Å². The van der Waals surface area contributed by atoms with E-state index in [1.807, 2.05) is 50.2 Å². The van der Waals surface area contributed by atoms with Crippen molar-refractivity contribution in [1.82, 2.24) is 4.98 Å². The summed E-state index contributed by atoms with van der Waals surface area (Å²) in [6, 6.07) is 19.9. The van der Waals surface area contributed by atoms with Crippen molar-refractivity contribution in [3.8, 4) is 16.9 Å². The number of carbonyl (C=O) groups excluding carboxylic acids is 1. The van der Waals surface area contributed by atoms with Gasteiger partial charge in [-0.05, 0) is 62.2 Å². The summed E-state index contributed by atoms with van der Waals surface area (Å²) in [6.07, 6.45) is 5.14. The third-order valence-electron chi connectivity index (χ3n) is 6.25. The van der Waals surface area contributed by atoms with E-state index in [1.165, 1.54) is 5.56 Å². The van der Waals surface area contributed by atoms with E-state index >= 15 is 0 Å². The minimum atomic E-state index is -0.212. The SMILES string of the molecule is COc1c(/C(C)=C/C(=O)Nc2ccc3ncccc3c2)cc2c(-c3ccc(C)cc3)coc2c1C. The Morgan fingerprint density at radius 3 is 2.63 bits per heavy atom. The molecule has 0 atom stereocenters. The van der Waals surface area contributed by atoms with Gasteiger partial charge in [0, 0.05) is 45.4 Å². The van der Waals surface area contributed by atoms with Crippen LogP contribution in [0.4, 0.5) is 5.69 Å². The number of ether oxygens (including phenoxy) is 1. The van der Waals surface area contributed by atoms with Crippen LogP contribution >= 0.6 is 0 Å². The third-order valence-corrected chi connectivity index (χ3v) is 6.25. The van der Waals surface area contributed by atoms with Crippen LogP contribution in [0.25, 0.3) is 38.6 Å². The molecule has 2 heterocycles. The van der Waals surface area contributed by atoms with Crippen molar-refractivity contribution in [1.29, 1.82) is 0 Å². The fourth-order valence-electron chi connectivity index (χ4n) is 4.43. The number of methoxy groups -OCH3 is 1. The molecule has 3 aromatic carbocycles. The Morgan fingerprint density at radius 2 is 1.86 bits per heavy atom. The minimum absolute atomic E-state index is 0.212. The molecule has 0 spiro atoms. The number of benzene rings is 3. The summed E-state index contributed by atoms with van der Waals surface area (Å²) in [5.41, 5.74) is 8.21. The van der Waals surface area contributed by atoms with Gasteiger partial charge in [-0.2, -0.15) is 0 Å². The number of aryl methyl sites for hydroxylation is 2. The summed E-state index contributed by atoms with van der Waals surface area (Å²) in [7, 11) is 1.64. The molecule has 5 aromatic rings. The molecule has 0 aliphatic carbocycles. The Hall–Kier alpha value is -4.38. The van der Waals surface area contributed by atoms with Crippen LogP contribution in [0.1, 0.15) is 23.6 Å². The molecule has 0 aliphatic heterocycles. The Kier molecular flexibility index (Phi) is 5.83. The predicted molar refractivity (Wildman–Crippen MR) is 142 cm³/mol. The maximum Gasteiger partial charge on any atom is 0.248 e. The Bertz CT molecular complexity index is 1590. The van der Waals surface area contributed by atoms with Gasteiger partial charge in [0.25, 0.3) is 0 Å². The van der Waals surface area contributed by atoms with E-state index in [2.05, 4.69) is 41.5 Å². The number of hydrogen-bond donors (Lipinski definition) is 1. The van der Waals surface area contributed by atoms with E-state index in [0.717, 1.165) is 55.4 Å². The highest BCUT2D eigenvalue weighted by Gasteiger charge is 2.19. The summed E-state index contributed by atoms with van der Waals surface area (Å²) in [6.45, 7) is 5.96. The molecule has 0 unspecified atom stereocenters. The number of furan rings is 1. The summed E-state index contributed by atoms with van der Waals surface area (Å²) in [5, 5.41) is 4.91. The molecule has 0 saturated carbocycles. The zero-order valence-corrected chi connectivity index (χ0v) is 20.2. The summed E-state index contributed by atoms with van der Waals surface area (Å²) >= 11 is 0. The van der Waals surface area contributed by atoms with E-state index in [9.17, 15) is 4.79 Å². The smallest absolute Gasteiger partial charge is 0.248 e. The highest BCUT2D eigenvalue weighted by Crippen LogP contribution is 2.40. The Balaban J connectivity index is 1.51. The van der Waals surface area contributed by atoms with Gasteiger partial charge in [0.05, 0.1) is 18.9 Å². The second-order valence-corrected chi connectivity index (χ2v) is 8.70. The summed E-state index contributed by atoms with van der Waals surface area (Å²) in [5.74, 6) is 0.483. The maximum absolute atomic E-state index is 12.9. The van der Waals surface area contributed by atoms with Gasteiger partial charge in [-0.3, -0.25) is 9.78 Å². The molecule has 1 N–H and O–H groups in total. The first-order valence-corrected chi connectivity index (χ1v) is 11.4. The number of allylic oxidation sites excluding steroid dienone is 1. The van der Waals surface area contributed by atoms with Gasteiger partial charge in [-0.1, -0.05) is 35.9 Å². The van der Waals surface area contributed by atoms with Crippen LogP contribution in [0.15, 0.2) is 83.6 Å². The quantitative estimate of drug-likeness (QED) is 0.278. The zero-order chi connectivity index (χ0) is 24.5. The average molecular weight is 463 g/mol. The molecule has 0 fully saturated rings. The number of nitrogens with one attached hydrogen (secondary N) is 1. The number of hydrogen-bond acceptors (Lipinski definition) is 4. The number of amides is 1. The molecule has 174 valence electrons.